The second kappa shape index (κ2) is 3.39. The van der Waals surface area contributed by atoms with Crippen LogP contribution in [0.3, 0.4) is 0 Å². The Hall–Kier alpha value is -1.40. The van der Waals surface area contributed by atoms with E-state index in [-0.39, 0.29) is 6.61 Å². The zero-order valence-electron chi connectivity index (χ0n) is 7.34. The standard InChI is InChI=1S/C8H10N2O4/c11-5-3-7(14-4-5)10-2-1-6(12)9-8(10)13/h1-2,5,7,11H,3-4H2,(H,9,12,13)/t5-,7-/m1/s1. The predicted octanol–water partition coefficient (Wildman–Crippen LogP) is -1.18. The van der Waals surface area contributed by atoms with Crippen LogP contribution in [-0.2, 0) is 4.74 Å². The molecule has 1 saturated heterocycles. The third-order valence-electron chi connectivity index (χ3n) is 2.12. The number of aromatic nitrogens is 2. The van der Waals surface area contributed by atoms with Crippen LogP contribution in [0.2, 0.25) is 0 Å². The van der Waals surface area contributed by atoms with Crippen LogP contribution in [0.4, 0.5) is 0 Å². The van der Waals surface area contributed by atoms with Crippen molar-refractivity contribution in [1.82, 2.24) is 9.55 Å². The third kappa shape index (κ3) is 1.61. The Labute approximate surface area is 78.8 Å². The molecule has 2 atom stereocenters. The van der Waals surface area contributed by atoms with Crippen LogP contribution in [-0.4, -0.2) is 27.4 Å². The molecule has 6 heteroatoms. The van der Waals surface area contributed by atoms with Gasteiger partial charge in [-0.25, -0.2) is 4.79 Å². The molecule has 0 amide bonds. The highest BCUT2D eigenvalue weighted by atomic mass is 16.5. The molecule has 14 heavy (non-hydrogen) atoms. The van der Waals surface area contributed by atoms with Gasteiger partial charge in [0, 0.05) is 18.7 Å². The van der Waals surface area contributed by atoms with Gasteiger partial charge in [0.25, 0.3) is 5.56 Å². The number of aliphatic hydroxyl groups excluding tert-OH is 1. The molecule has 0 unspecified atom stereocenters. The molecule has 76 valence electrons. The molecule has 2 heterocycles. The molecule has 1 aliphatic rings. The lowest BCUT2D eigenvalue weighted by Gasteiger charge is -2.11. The van der Waals surface area contributed by atoms with Crippen molar-refractivity contribution in [2.75, 3.05) is 6.61 Å². The van der Waals surface area contributed by atoms with Gasteiger partial charge in [-0.2, -0.15) is 0 Å². The summed E-state index contributed by atoms with van der Waals surface area (Å²) in [5.74, 6) is 0. The highest BCUT2D eigenvalue weighted by Gasteiger charge is 2.25. The summed E-state index contributed by atoms with van der Waals surface area (Å²) in [6.07, 6.45) is 0.712. The summed E-state index contributed by atoms with van der Waals surface area (Å²) in [5, 5.41) is 9.19. The largest absolute Gasteiger partial charge is 0.391 e. The van der Waals surface area contributed by atoms with Crippen molar-refractivity contribution >= 4 is 0 Å². The topological polar surface area (TPSA) is 84.3 Å². The monoisotopic (exact) mass is 198 g/mol. The average molecular weight is 198 g/mol. The Balaban J connectivity index is 2.33. The summed E-state index contributed by atoms with van der Waals surface area (Å²) in [6, 6.07) is 1.25. The van der Waals surface area contributed by atoms with Gasteiger partial charge in [-0.05, 0) is 0 Å². The lowest BCUT2D eigenvalue weighted by molar-refractivity contribution is 0.0447. The first-order chi connectivity index (χ1) is 6.66. The second-order valence-corrected chi connectivity index (χ2v) is 3.19. The third-order valence-corrected chi connectivity index (χ3v) is 2.12. The quantitative estimate of drug-likeness (QED) is 0.594. The zero-order valence-corrected chi connectivity index (χ0v) is 7.34. The first kappa shape index (κ1) is 9.17. The van der Waals surface area contributed by atoms with Crippen LogP contribution in [0.25, 0.3) is 0 Å². The molecule has 0 spiro atoms. The van der Waals surface area contributed by atoms with Crippen molar-refractivity contribution in [3.05, 3.63) is 33.1 Å². The SMILES string of the molecule is O=c1ccn([C@H]2C[C@@H](O)CO2)c(=O)[nH]1. The number of nitrogens with zero attached hydrogens (tertiary/aromatic N) is 1. The molecular weight excluding hydrogens is 188 g/mol. The van der Waals surface area contributed by atoms with Crippen LogP contribution in [0.15, 0.2) is 21.9 Å². The molecule has 6 nitrogen and oxygen atoms in total. The minimum Gasteiger partial charge on any atom is -0.391 e. The molecule has 0 radical (unpaired) electrons. The van der Waals surface area contributed by atoms with E-state index < -0.39 is 23.6 Å². The fourth-order valence-corrected chi connectivity index (χ4v) is 1.44. The van der Waals surface area contributed by atoms with Crippen LogP contribution >= 0.6 is 0 Å². The second-order valence-electron chi connectivity index (χ2n) is 3.19. The molecule has 0 saturated carbocycles. The Morgan fingerprint density at radius 2 is 2.36 bits per heavy atom. The van der Waals surface area contributed by atoms with Crippen molar-refractivity contribution in [1.29, 1.82) is 0 Å². The summed E-state index contributed by atoms with van der Waals surface area (Å²) < 4.78 is 6.42. The predicted molar refractivity (Wildman–Crippen MR) is 46.9 cm³/mol. The molecule has 2 N–H and O–H groups in total. The maximum absolute atomic E-state index is 11.3. The van der Waals surface area contributed by atoms with Crippen molar-refractivity contribution in [2.45, 2.75) is 18.8 Å². The van der Waals surface area contributed by atoms with E-state index in [1.807, 2.05) is 0 Å². The van der Waals surface area contributed by atoms with E-state index in [1.165, 1.54) is 16.8 Å². The maximum Gasteiger partial charge on any atom is 0.330 e. The van der Waals surface area contributed by atoms with Gasteiger partial charge in [0.05, 0.1) is 12.7 Å². The molecule has 1 aliphatic heterocycles. The van der Waals surface area contributed by atoms with Gasteiger partial charge >= 0.3 is 5.69 Å². The van der Waals surface area contributed by atoms with E-state index in [4.69, 9.17) is 4.74 Å². The van der Waals surface area contributed by atoms with Crippen molar-refractivity contribution in [3.8, 4) is 0 Å². The number of H-pyrrole nitrogens is 1. The van der Waals surface area contributed by atoms with E-state index in [2.05, 4.69) is 4.98 Å². The fraction of sp³-hybridized carbons (Fsp3) is 0.500. The number of nitrogens with one attached hydrogen (secondary N) is 1. The van der Waals surface area contributed by atoms with Crippen LogP contribution in [0.1, 0.15) is 12.6 Å². The summed E-state index contributed by atoms with van der Waals surface area (Å²) in [7, 11) is 0. The number of aromatic amines is 1. The van der Waals surface area contributed by atoms with Gasteiger partial charge in [0.1, 0.15) is 6.23 Å². The van der Waals surface area contributed by atoms with Crippen molar-refractivity contribution in [2.24, 2.45) is 0 Å². The summed E-state index contributed by atoms with van der Waals surface area (Å²) in [5.41, 5.74) is -0.957. The van der Waals surface area contributed by atoms with Gasteiger partial charge in [-0.3, -0.25) is 14.3 Å². The molecular formula is C8H10N2O4. The highest BCUT2D eigenvalue weighted by molar-refractivity contribution is 4.85. The maximum atomic E-state index is 11.3. The van der Waals surface area contributed by atoms with E-state index in [9.17, 15) is 14.7 Å². The van der Waals surface area contributed by atoms with E-state index >= 15 is 0 Å². The summed E-state index contributed by atoms with van der Waals surface area (Å²) >= 11 is 0. The van der Waals surface area contributed by atoms with Crippen LogP contribution < -0.4 is 11.2 Å². The zero-order chi connectivity index (χ0) is 10.1. The van der Waals surface area contributed by atoms with Gasteiger partial charge in [-0.1, -0.05) is 0 Å². The highest BCUT2D eigenvalue weighted by Crippen LogP contribution is 2.20. The van der Waals surface area contributed by atoms with E-state index in [1.54, 1.807) is 0 Å². The first-order valence-corrected chi connectivity index (χ1v) is 4.28. The molecule has 1 aromatic heterocycles. The van der Waals surface area contributed by atoms with Crippen LogP contribution in [0, 0.1) is 0 Å². The number of ether oxygens (including phenoxy) is 1. The van der Waals surface area contributed by atoms with E-state index in [0.29, 0.717) is 6.42 Å². The Kier molecular flexibility index (Phi) is 2.22. The smallest absolute Gasteiger partial charge is 0.330 e. The molecule has 1 fully saturated rings. The summed E-state index contributed by atoms with van der Waals surface area (Å²) in [6.45, 7) is 0.218. The molecule has 2 rings (SSSR count). The van der Waals surface area contributed by atoms with Gasteiger partial charge in [0.15, 0.2) is 0 Å². The number of rotatable bonds is 1. The molecule has 0 aromatic carbocycles. The molecule has 0 bridgehead atoms. The van der Waals surface area contributed by atoms with E-state index in [0.717, 1.165) is 0 Å². The normalized spacial score (nSPS) is 26.6. The van der Waals surface area contributed by atoms with Crippen LogP contribution in [0.5, 0.6) is 0 Å². The van der Waals surface area contributed by atoms with Gasteiger partial charge in [-0.15, -0.1) is 0 Å². The Morgan fingerprint density at radius 3 is 2.93 bits per heavy atom. The summed E-state index contributed by atoms with van der Waals surface area (Å²) in [4.78, 5) is 24.2. The lowest BCUT2D eigenvalue weighted by atomic mass is 10.3. The molecule has 1 aromatic rings. The average Bonchev–Trinajstić information content (AvgIpc) is 2.51. The van der Waals surface area contributed by atoms with Crippen molar-refractivity contribution in [3.63, 3.8) is 0 Å². The number of hydrogen-bond acceptors (Lipinski definition) is 4. The number of hydrogen-bond donors (Lipinski definition) is 2. The minimum atomic E-state index is -0.543. The minimum absolute atomic E-state index is 0.218. The molecule has 0 aliphatic carbocycles. The fourth-order valence-electron chi connectivity index (χ4n) is 1.44. The lowest BCUT2D eigenvalue weighted by Crippen LogP contribution is -2.31. The first-order valence-electron chi connectivity index (χ1n) is 4.28. The van der Waals surface area contributed by atoms with Crippen molar-refractivity contribution < 1.29 is 9.84 Å². The van der Waals surface area contributed by atoms with Gasteiger partial charge in [0.2, 0.25) is 0 Å². The van der Waals surface area contributed by atoms with Gasteiger partial charge < -0.3 is 9.84 Å². The number of aliphatic hydroxyl groups is 1. The Bertz CT molecular complexity index is 435. The Morgan fingerprint density at radius 1 is 1.57 bits per heavy atom.